The first-order valence-electron chi connectivity index (χ1n) is 9.17. The normalized spacial score (nSPS) is 22.3. The van der Waals surface area contributed by atoms with Gasteiger partial charge in [0.1, 0.15) is 0 Å². The Kier molecular flexibility index (Phi) is 5.83. The summed E-state index contributed by atoms with van der Waals surface area (Å²) in [6, 6.07) is 6.10. The lowest BCUT2D eigenvalue weighted by molar-refractivity contribution is -0.139. The molecule has 1 amide bonds. The minimum Gasteiger partial charge on any atom is -0.480 e. The Balaban J connectivity index is 1.51. The van der Waals surface area contributed by atoms with Crippen LogP contribution >= 0.6 is 0 Å². The van der Waals surface area contributed by atoms with Crippen LogP contribution in [-0.4, -0.2) is 61.5 Å². The summed E-state index contributed by atoms with van der Waals surface area (Å²) in [7, 11) is -3.52. The second-order valence-electron chi connectivity index (χ2n) is 7.17. The van der Waals surface area contributed by atoms with Gasteiger partial charge in [-0.2, -0.15) is 0 Å². The van der Waals surface area contributed by atoms with Gasteiger partial charge in [0.25, 0.3) is 5.91 Å². The molecule has 3 rings (SSSR count). The van der Waals surface area contributed by atoms with Crippen molar-refractivity contribution < 1.29 is 23.1 Å². The van der Waals surface area contributed by atoms with Gasteiger partial charge in [-0.1, -0.05) is 6.92 Å². The number of rotatable bonds is 9. The molecule has 0 atom stereocenters. The maximum absolute atomic E-state index is 12.3. The summed E-state index contributed by atoms with van der Waals surface area (Å²) in [5.74, 6) is -1.10. The average molecular weight is 395 g/mol. The lowest BCUT2D eigenvalue weighted by atomic mass is 9.85. The highest BCUT2D eigenvalue weighted by Crippen LogP contribution is 2.26. The fraction of sp³-hybridized carbons (Fsp3) is 0.556. The largest absolute Gasteiger partial charge is 0.480 e. The van der Waals surface area contributed by atoms with Crippen LogP contribution in [0.2, 0.25) is 0 Å². The molecule has 0 bridgehead atoms. The third kappa shape index (κ3) is 5.06. The molecule has 0 spiro atoms. The van der Waals surface area contributed by atoms with E-state index in [0.717, 1.165) is 12.8 Å². The van der Waals surface area contributed by atoms with Gasteiger partial charge in [-0.15, -0.1) is 0 Å². The van der Waals surface area contributed by atoms with Crippen molar-refractivity contribution in [3.63, 3.8) is 0 Å². The zero-order valence-electron chi connectivity index (χ0n) is 15.2. The van der Waals surface area contributed by atoms with E-state index in [1.807, 2.05) is 11.8 Å². The van der Waals surface area contributed by atoms with E-state index < -0.39 is 16.0 Å². The molecular weight excluding hydrogens is 370 g/mol. The zero-order valence-corrected chi connectivity index (χ0v) is 16.0. The quantitative estimate of drug-likeness (QED) is 0.569. The van der Waals surface area contributed by atoms with Gasteiger partial charge in [0, 0.05) is 23.7 Å². The number of sulfonamides is 1. The number of carbonyl (C=O) groups excluding carboxylic acids is 1. The van der Waals surface area contributed by atoms with Gasteiger partial charge in [-0.05, 0) is 56.5 Å². The number of carboxylic acids is 1. The van der Waals surface area contributed by atoms with E-state index in [1.54, 1.807) is 0 Å². The predicted molar refractivity (Wildman–Crippen MR) is 98.9 cm³/mol. The summed E-state index contributed by atoms with van der Waals surface area (Å²) < 4.78 is 26.9. The van der Waals surface area contributed by atoms with Gasteiger partial charge in [0.05, 0.1) is 11.4 Å². The maximum atomic E-state index is 12.3. The minimum absolute atomic E-state index is 0.00490. The number of likely N-dealkylation sites (N-methyl/N-ethyl adjacent to an activating group) is 1. The summed E-state index contributed by atoms with van der Waals surface area (Å²) in [4.78, 5) is 25.2. The van der Waals surface area contributed by atoms with Gasteiger partial charge in [0.2, 0.25) is 10.0 Å². The van der Waals surface area contributed by atoms with Crippen LogP contribution in [0.15, 0.2) is 29.2 Å². The third-order valence-electron chi connectivity index (χ3n) is 5.04. The van der Waals surface area contributed by atoms with Gasteiger partial charge >= 0.3 is 5.97 Å². The molecule has 0 unspecified atom stereocenters. The second-order valence-corrected chi connectivity index (χ2v) is 8.89. The van der Waals surface area contributed by atoms with Crippen molar-refractivity contribution >= 4 is 21.9 Å². The second kappa shape index (κ2) is 7.95. The molecule has 2 aliphatic carbocycles. The minimum atomic E-state index is -3.52. The first kappa shape index (κ1) is 19.8. The van der Waals surface area contributed by atoms with Crippen molar-refractivity contribution in [1.29, 1.82) is 0 Å². The van der Waals surface area contributed by atoms with Crippen LogP contribution in [0.25, 0.3) is 0 Å². The third-order valence-corrected chi connectivity index (χ3v) is 6.57. The monoisotopic (exact) mass is 395 g/mol. The van der Waals surface area contributed by atoms with Gasteiger partial charge in [-0.3, -0.25) is 14.5 Å². The van der Waals surface area contributed by atoms with E-state index in [9.17, 15) is 18.0 Å². The Hall–Kier alpha value is -1.97. The van der Waals surface area contributed by atoms with Gasteiger partial charge < -0.3 is 10.4 Å². The van der Waals surface area contributed by atoms with E-state index in [0.29, 0.717) is 24.9 Å². The first-order valence-corrected chi connectivity index (χ1v) is 10.7. The molecule has 148 valence electrons. The molecule has 9 heteroatoms. The van der Waals surface area contributed by atoms with E-state index >= 15 is 0 Å². The van der Waals surface area contributed by atoms with Crippen LogP contribution in [0.3, 0.4) is 0 Å². The van der Waals surface area contributed by atoms with Crippen LogP contribution in [0.4, 0.5) is 0 Å². The SMILES string of the molecule is CCN(CC(=O)O)C1CC(NC(=O)c2ccc(S(=O)(=O)NC3CC3)cc2)C1. The lowest BCUT2D eigenvalue weighted by Crippen LogP contribution is -2.54. The molecule has 0 saturated heterocycles. The van der Waals surface area contributed by atoms with Crippen LogP contribution < -0.4 is 10.0 Å². The summed E-state index contributed by atoms with van der Waals surface area (Å²) in [6.45, 7) is 2.58. The van der Waals surface area contributed by atoms with Crippen LogP contribution in [0, 0.1) is 0 Å². The zero-order chi connectivity index (χ0) is 19.6. The Morgan fingerprint density at radius 3 is 2.30 bits per heavy atom. The van der Waals surface area contributed by atoms with Crippen molar-refractivity contribution in [2.45, 2.75) is 55.6 Å². The summed E-state index contributed by atoms with van der Waals surface area (Å²) in [6.07, 6.45) is 3.16. The van der Waals surface area contributed by atoms with E-state index in [1.165, 1.54) is 24.3 Å². The Bertz CT molecular complexity index is 799. The molecule has 0 aromatic heterocycles. The summed E-state index contributed by atoms with van der Waals surface area (Å²) in [5.41, 5.74) is 0.404. The standard InChI is InChI=1S/C18H25N3O5S/c1-2-21(11-17(22)23)15-9-14(10-15)19-18(24)12-3-7-16(8-4-12)27(25,26)20-13-5-6-13/h3-4,7-8,13-15,20H,2,5-6,9-11H2,1H3,(H,19,24)(H,22,23). The molecular formula is C18H25N3O5S. The number of hydrogen-bond acceptors (Lipinski definition) is 5. The fourth-order valence-corrected chi connectivity index (χ4v) is 4.52. The number of carbonyl (C=O) groups is 2. The number of benzene rings is 1. The van der Waals surface area contributed by atoms with Crippen LogP contribution in [0.5, 0.6) is 0 Å². The van der Waals surface area contributed by atoms with Crippen molar-refractivity contribution in [2.24, 2.45) is 0 Å². The molecule has 1 aromatic rings. The Morgan fingerprint density at radius 1 is 1.15 bits per heavy atom. The van der Waals surface area contributed by atoms with E-state index in [2.05, 4.69) is 10.0 Å². The molecule has 2 aliphatic rings. The maximum Gasteiger partial charge on any atom is 0.317 e. The molecule has 8 nitrogen and oxygen atoms in total. The summed E-state index contributed by atoms with van der Waals surface area (Å²) >= 11 is 0. The van der Waals surface area contributed by atoms with Crippen molar-refractivity contribution in [3.8, 4) is 0 Å². The van der Waals surface area contributed by atoms with Crippen molar-refractivity contribution in [2.75, 3.05) is 13.1 Å². The highest BCUT2D eigenvalue weighted by Gasteiger charge is 2.35. The molecule has 0 radical (unpaired) electrons. The number of nitrogens with zero attached hydrogens (tertiary/aromatic N) is 1. The topological polar surface area (TPSA) is 116 Å². The first-order chi connectivity index (χ1) is 12.8. The van der Waals surface area contributed by atoms with Crippen molar-refractivity contribution in [1.82, 2.24) is 14.9 Å². The van der Waals surface area contributed by atoms with Crippen LogP contribution in [0.1, 0.15) is 43.0 Å². The van der Waals surface area contributed by atoms with E-state index in [4.69, 9.17) is 5.11 Å². The summed E-state index contributed by atoms with van der Waals surface area (Å²) in [5, 5.41) is 11.8. The Labute approximate surface area is 159 Å². The number of amides is 1. The highest BCUT2D eigenvalue weighted by atomic mass is 32.2. The van der Waals surface area contributed by atoms with E-state index in [-0.39, 0.29) is 35.5 Å². The predicted octanol–water partition coefficient (Wildman–Crippen LogP) is 0.795. The molecule has 27 heavy (non-hydrogen) atoms. The molecule has 0 heterocycles. The highest BCUT2D eigenvalue weighted by molar-refractivity contribution is 7.89. The fourth-order valence-electron chi connectivity index (χ4n) is 3.22. The number of carboxylic acid groups (broad SMARTS) is 1. The van der Waals surface area contributed by atoms with Gasteiger partial charge in [0.15, 0.2) is 0 Å². The average Bonchev–Trinajstić information content (AvgIpc) is 3.39. The molecule has 2 saturated carbocycles. The number of hydrogen-bond donors (Lipinski definition) is 3. The smallest absolute Gasteiger partial charge is 0.317 e. The molecule has 3 N–H and O–H groups in total. The van der Waals surface area contributed by atoms with Gasteiger partial charge in [-0.25, -0.2) is 13.1 Å². The van der Waals surface area contributed by atoms with Crippen LogP contribution in [-0.2, 0) is 14.8 Å². The molecule has 1 aromatic carbocycles. The number of aliphatic carboxylic acids is 1. The Morgan fingerprint density at radius 2 is 1.78 bits per heavy atom. The molecule has 2 fully saturated rings. The van der Waals surface area contributed by atoms with Crippen molar-refractivity contribution in [3.05, 3.63) is 29.8 Å². The number of nitrogens with one attached hydrogen (secondary N) is 2. The lowest BCUT2D eigenvalue weighted by Gasteiger charge is -2.42. The molecule has 0 aliphatic heterocycles.